The van der Waals surface area contributed by atoms with E-state index in [0.29, 0.717) is 11.5 Å². The van der Waals surface area contributed by atoms with E-state index in [1.54, 1.807) is 0 Å². The summed E-state index contributed by atoms with van der Waals surface area (Å²) in [7, 11) is 5.18. The Morgan fingerprint density at radius 2 is 2.31 bits per heavy atom. The summed E-state index contributed by atoms with van der Waals surface area (Å²) in [6, 6.07) is 1.42. The van der Waals surface area contributed by atoms with Crippen LogP contribution in [0.4, 0.5) is 0 Å². The van der Waals surface area contributed by atoms with Crippen LogP contribution < -0.4 is 10.2 Å². The minimum atomic E-state index is -0.180. The molecule has 1 aromatic rings. The van der Waals surface area contributed by atoms with Crippen molar-refractivity contribution >= 4 is 28.3 Å². The number of hydrogen-bond acceptors (Lipinski definition) is 5. The molecule has 0 unspecified atom stereocenters. The molecular formula is C10H13NO3S2. The van der Waals surface area contributed by atoms with Gasteiger partial charge in [-0.15, -0.1) is 0 Å². The monoisotopic (exact) mass is 259 g/mol. The molecule has 0 saturated heterocycles. The third-order valence-corrected chi connectivity index (χ3v) is 3.53. The van der Waals surface area contributed by atoms with Crippen LogP contribution in [-0.2, 0) is 5.75 Å². The maximum absolute atomic E-state index is 11.4. The highest BCUT2D eigenvalue weighted by Crippen LogP contribution is 2.15. The van der Waals surface area contributed by atoms with E-state index in [1.165, 1.54) is 31.2 Å². The van der Waals surface area contributed by atoms with Crippen LogP contribution in [0.2, 0.25) is 0 Å². The lowest BCUT2D eigenvalue weighted by Crippen LogP contribution is -2.16. The van der Waals surface area contributed by atoms with Gasteiger partial charge < -0.3 is 14.1 Å². The number of thiocarbonyl (C=S) groups is 1. The Hall–Kier alpha value is -1.01. The molecule has 1 rings (SSSR count). The van der Waals surface area contributed by atoms with E-state index in [4.69, 9.17) is 21.4 Å². The Morgan fingerprint density at radius 1 is 1.62 bits per heavy atom. The van der Waals surface area contributed by atoms with Gasteiger partial charge in [-0.3, -0.25) is 4.79 Å². The maximum Gasteiger partial charge on any atom is 0.227 e. The molecule has 0 spiro atoms. The quantitative estimate of drug-likeness (QED) is 0.770. The predicted molar refractivity (Wildman–Crippen MR) is 69.1 cm³/mol. The Balaban J connectivity index is 2.66. The minimum absolute atomic E-state index is 0.180. The normalized spacial score (nSPS) is 9.94. The van der Waals surface area contributed by atoms with Crippen LogP contribution in [0.15, 0.2) is 21.5 Å². The average Bonchev–Trinajstić information content (AvgIpc) is 2.25. The first-order valence-corrected chi connectivity index (χ1v) is 5.93. The van der Waals surface area contributed by atoms with E-state index in [0.717, 1.165) is 4.32 Å². The number of rotatable bonds is 3. The summed E-state index contributed by atoms with van der Waals surface area (Å²) in [6.45, 7) is 0. The second kappa shape index (κ2) is 5.91. The lowest BCUT2D eigenvalue weighted by molar-refractivity contribution is 0.381. The highest BCUT2D eigenvalue weighted by Gasteiger charge is 2.06. The summed E-state index contributed by atoms with van der Waals surface area (Å²) >= 11 is 6.55. The van der Waals surface area contributed by atoms with Gasteiger partial charge in [-0.25, -0.2) is 0 Å². The zero-order valence-corrected chi connectivity index (χ0v) is 11.0. The van der Waals surface area contributed by atoms with E-state index >= 15 is 0 Å². The van der Waals surface area contributed by atoms with Gasteiger partial charge in [0.15, 0.2) is 0 Å². The second-order valence-corrected chi connectivity index (χ2v) is 4.84. The fraction of sp³-hybridized carbons (Fsp3) is 0.400. The molecule has 0 atom stereocenters. The first-order valence-electron chi connectivity index (χ1n) is 4.54. The van der Waals surface area contributed by atoms with Gasteiger partial charge in [0.1, 0.15) is 16.3 Å². The fourth-order valence-corrected chi connectivity index (χ4v) is 1.78. The molecule has 0 aliphatic heterocycles. The summed E-state index contributed by atoms with van der Waals surface area (Å²) in [5.41, 5.74) is -0.180. The molecule has 0 saturated carbocycles. The fourth-order valence-electron chi connectivity index (χ4n) is 0.925. The first-order chi connectivity index (χ1) is 7.54. The third kappa shape index (κ3) is 3.53. The van der Waals surface area contributed by atoms with Crippen molar-refractivity contribution in [2.75, 3.05) is 21.2 Å². The van der Waals surface area contributed by atoms with Crippen LogP contribution in [0.5, 0.6) is 5.75 Å². The van der Waals surface area contributed by atoms with Crippen LogP contribution in [-0.4, -0.2) is 30.4 Å². The third-order valence-electron chi connectivity index (χ3n) is 1.78. The molecule has 1 heterocycles. The van der Waals surface area contributed by atoms with Crippen LogP contribution in [0.25, 0.3) is 0 Å². The van der Waals surface area contributed by atoms with E-state index < -0.39 is 0 Å². The van der Waals surface area contributed by atoms with Crippen molar-refractivity contribution < 1.29 is 9.15 Å². The Morgan fingerprint density at radius 3 is 2.81 bits per heavy atom. The largest absolute Gasteiger partial charge is 0.490 e. The van der Waals surface area contributed by atoms with Crippen molar-refractivity contribution in [2.24, 2.45) is 0 Å². The molecule has 0 amide bonds. The van der Waals surface area contributed by atoms with Gasteiger partial charge in [0, 0.05) is 20.2 Å². The Labute approximate surface area is 104 Å². The smallest absolute Gasteiger partial charge is 0.227 e. The zero-order valence-electron chi connectivity index (χ0n) is 9.35. The Kier molecular flexibility index (Phi) is 4.82. The molecule has 1 aromatic heterocycles. The highest BCUT2D eigenvalue weighted by atomic mass is 32.2. The molecule has 16 heavy (non-hydrogen) atoms. The van der Waals surface area contributed by atoms with Crippen LogP contribution >= 0.6 is 24.0 Å². The molecule has 4 nitrogen and oxygen atoms in total. The number of thioether (sulfide) groups is 1. The van der Waals surface area contributed by atoms with E-state index in [2.05, 4.69) is 0 Å². The minimum Gasteiger partial charge on any atom is -0.490 e. The van der Waals surface area contributed by atoms with Crippen LogP contribution in [0, 0.1) is 0 Å². The lowest BCUT2D eigenvalue weighted by atomic mass is 10.4. The van der Waals surface area contributed by atoms with E-state index in [9.17, 15) is 4.79 Å². The summed E-state index contributed by atoms with van der Waals surface area (Å²) in [6.07, 6.45) is 1.32. The maximum atomic E-state index is 11.4. The van der Waals surface area contributed by atoms with Crippen molar-refractivity contribution in [3.63, 3.8) is 0 Å². The molecule has 6 heteroatoms. The number of nitrogens with zero attached hydrogens (tertiary/aromatic N) is 1. The molecule has 0 fully saturated rings. The summed E-state index contributed by atoms with van der Waals surface area (Å²) < 4.78 is 10.8. The van der Waals surface area contributed by atoms with Gasteiger partial charge in [-0.05, 0) is 0 Å². The van der Waals surface area contributed by atoms with Crippen molar-refractivity contribution in [3.05, 3.63) is 28.3 Å². The topological polar surface area (TPSA) is 42.7 Å². The molecule has 0 aliphatic carbocycles. The predicted octanol–water partition coefficient (Wildman–Crippen LogP) is 1.73. The van der Waals surface area contributed by atoms with Crippen LogP contribution in [0.3, 0.4) is 0 Å². The van der Waals surface area contributed by atoms with Gasteiger partial charge in [0.05, 0.1) is 12.9 Å². The molecule has 0 bridgehead atoms. The van der Waals surface area contributed by atoms with E-state index in [-0.39, 0.29) is 11.2 Å². The van der Waals surface area contributed by atoms with Gasteiger partial charge in [0.2, 0.25) is 11.2 Å². The SMILES string of the molecule is COc1coc(CSC(=S)N(C)C)cc1=O. The zero-order chi connectivity index (χ0) is 12.1. The molecule has 0 aliphatic rings. The van der Waals surface area contributed by atoms with Crippen LogP contribution in [0.1, 0.15) is 5.76 Å². The first kappa shape index (κ1) is 13.1. The average molecular weight is 259 g/mol. The second-order valence-electron chi connectivity index (χ2n) is 3.23. The Bertz CT molecular complexity index is 428. The number of methoxy groups -OCH3 is 1. The molecule has 0 aromatic carbocycles. The van der Waals surface area contributed by atoms with Crippen molar-refractivity contribution in [3.8, 4) is 5.75 Å². The van der Waals surface area contributed by atoms with Gasteiger partial charge in [-0.2, -0.15) is 0 Å². The standard InChI is InChI=1S/C10H13NO3S2/c1-11(2)10(15)16-6-7-4-8(12)9(13-3)5-14-7/h4-5H,6H2,1-3H3. The van der Waals surface area contributed by atoms with E-state index in [1.807, 2.05) is 19.0 Å². The van der Waals surface area contributed by atoms with Crippen molar-refractivity contribution in [1.82, 2.24) is 4.90 Å². The molecule has 0 radical (unpaired) electrons. The van der Waals surface area contributed by atoms with Crippen molar-refractivity contribution in [1.29, 1.82) is 0 Å². The molecule has 88 valence electrons. The van der Waals surface area contributed by atoms with Crippen molar-refractivity contribution in [2.45, 2.75) is 5.75 Å². The van der Waals surface area contributed by atoms with Gasteiger partial charge in [0.25, 0.3) is 0 Å². The number of ether oxygens (including phenoxy) is 1. The molecular weight excluding hydrogens is 246 g/mol. The molecule has 0 N–H and O–H groups in total. The van der Waals surface area contributed by atoms with Gasteiger partial charge >= 0.3 is 0 Å². The summed E-state index contributed by atoms with van der Waals surface area (Å²) in [5, 5.41) is 0. The lowest BCUT2D eigenvalue weighted by Gasteiger charge is -2.11. The summed E-state index contributed by atoms with van der Waals surface area (Å²) in [5.74, 6) is 1.33. The van der Waals surface area contributed by atoms with Gasteiger partial charge in [-0.1, -0.05) is 24.0 Å². The number of hydrogen-bond donors (Lipinski definition) is 0. The summed E-state index contributed by atoms with van der Waals surface area (Å²) in [4.78, 5) is 13.2. The highest BCUT2D eigenvalue weighted by molar-refractivity contribution is 8.22.